The van der Waals surface area contributed by atoms with E-state index in [0.717, 1.165) is 0 Å². The van der Waals surface area contributed by atoms with Crippen LogP contribution < -0.4 is 0 Å². The van der Waals surface area contributed by atoms with Crippen molar-refractivity contribution in [3.63, 3.8) is 0 Å². The summed E-state index contributed by atoms with van der Waals surface area (Å²) in [5.74, 6) is 0. The van der Waals surface area contributed by atoms with Gasteiger partial charge in [-0.2, -0.15) is 4.31 Å². The van der Waals surface area contributed by atoms with Gasteiger partial charge in [0.1, 0.15) is 0 Å². The van der Waals surface area contributed by atoms with Gasteiger partial charge in [-0.3, -0.25) is 0 Å². The average molecular weight is 261 g/mol. The molecule has 1 aromatic rings. The third-order valence-corrected chi connectivity index (χ3v) is 4.64. The van der Waals surface area contributed by atoms with Crippen LogP contribution in [-0.2, 0) is 19.5 Å². The van der Waals surface area contributed by atoms with Crippen LogP contribution in [0.25, 0.3) is 0 Å². The van der Waals surface area contributed by atoms with Gasteiger partial charge >= 0.3 is 0 Å². The van der Waals surface area contributed by atoms with Crippen LogP contribution in [0.5, 0.6) is 0 Å². The number of nitrogens with one attached hydrogen (secondary N) is 1. The summed E-state index contributed by atoms with van der Waals surface area (Å²) in [6.45, 7) is 0.576. The van der Waals surface area contributed by atoms with E-state index in [9.17, 15) is 8.42 Å². The molecule has 0 radical (unpaired) electrons. The maximum atomic E-state index is 12.2. The van der Waals surface area contributed by atoms with Crippen molar-refractivity contribution in [2.24, 2.45) is 0 Å². The Kier molecular flexibility index (Phi) is 3.48. The highest BCUT2D eigenvalue weighted by molar-refractivity contribution is 7.89. The standard InChI is InChI=1S/C9H15N3O4S/c1-15-7-4-12(5-8(7)16-2)17(13,14)9-3-10-6-11-9/h3,6-8H,4-5H2,1-2H3,(H,10,11). The first-order chi connectivity index (χ1) is 8.09. The molecule has 0 bridgehead atoms. The van der Waals surface area contributed by atoms with Crippen molar-refractivity contribution in [3.05, 3.63) is 12.5 Å². The SMILES string of the molecule is COC1CN(S(=O)(=O)c2cnc[nH]2)CC1OC. The summed E-state index contributed by atoms with van der Waals surface area (Å²) in [5, 5.41) is 0.0871. The van der Waals surface area contributed by atoms with E-state index in [0.29, 0.717) is 0 Å². The van der Waals surface area contributed by atoms with Crippen molar-refractivity contribution in [2.75, 3.05) is 27.3 Å². The second-order valence-electron chi connectivity index (χ2n) is 3.79. The van der Waals surface area contributed by atoms with Crippen LogP contribution in [0, 0.1) is 0 Å². The first-order valence-corrected chi connectivity index (χ1v) is 6.57. The van der Waals surface area contributed by atoms with Crippen molar-refractivity contribution in [2.45, 2.75) is 17.2 Å². The van der Waals surface area contributed by atoms with Crippen molar-refractivity contribution < 1.29 is 17.9 Å². The summed E-state index contributed by atoms with van der Waals surface area (Å²) >= 11 is 0. The van der Waals surface area contributed by atoms with Crippen molar-refractivity contribution in [1.82, 2.24) is 14.3 Å². The Labute approximate surface area is 99.8 Å². The molecular weight excluding hydrogens is 246 g/mol. The van der Waals surface area contributed by atoms with Crippen molar-refractivity contribution in [1.29, 1.82) is 0 Å². The molecule has 8 heteroatoms. The third-order valence-electron chi connectivity index (χ3n) is 2.88. The van der Waals surface area contributed by atoms with Gasteiger partial charge in [-0.1, -0.05) is 0 Å². The molecule has 0 saturated carbocycles. The van der Waals surface area contributed by atoms with E-state index in [-0.39, 0.29) is 30.3 Å². The molecule has 1 aliphatic rings. The van der Waals surface area contributed by atoms with Crippen molar-refractivity contribution in [3.8, 4) is 0 Å². The van der Waals surface area contributed by atoms with Gasteiger partial charge in [-0.25, -0.2) is 13.4 Å². The zero-order valence-corrected chi connectivity index (χ0v) is 10.5. The zero-order chi connectivity index (χ0) is 12.5. The fourth-order valence-electron chi connectivity index (χ4n) is 1.88. The summed E-state index contributed by atoms with van der Waals surface area (Å²) in [6, 6.07) is 0. The number of aromatic amines is 1. The number of methoxy groups -OCH3 is 2. The molecule has 2 heterocycles. The van der Waals surface area contributed by atoms with Crippen LogP contribution >= 0.6 is 0 Å². The molecule has 7 nitrogen and oxygen atoms in total. The van der Waals surface area contributed by atoms with Gasteiger partial charge in [0.05, 0.1) is 24.7 Å². The quantitative estimate of drug-likeness (QED) is 0.785. The summed E-state index contributed by atoms with van der Waals surface area (Å²) in [4.78, 5) is 6.31. The van der Waals surface area contributed by atoms with E-state index in [1.54, 1.807) is 14.2 Å². The summed E-state index contributed by atoms with van der Waals surface area (Å²) in [5.41, 5.74) is 0. The molecule has 0 spiro atoms. The smallest absolute Gasteiger partial charge is 0.260 e. The normalized spacial score (nSPS) is 26.5. The topological polar surface area (TPSA) is 84.5 Å². The number of ether oxygens (including phenoxy) is 2. The van der Waals surface area contributed by atoms with E-state index in [4.69, 9.17) is 9.47 Å². The second-order valence-corrected chi connectivity index (χ2v) is 5.69. The number of aromatic nitrogens is 2. The second kappa shape index (κ2) is 4.73. The minimum absolute atomic E-state index is 0.0871. The summed E-state index contributed by atoms with van der Waals surface area (Å²) in [6.07, 6.45) is 2.15. The van der Waals surface area contributed by atoms with E-state index in [1.807, 2.05) is 0 Å². The Hall–Kier alpha value is -0.960. The minimum atomic E-state index is -3.53. The lowest BCUT2D eigenvalue weighted by Gasteiger charge is -2.13. The first-order valence-electron chi connectivity index (χ1n) is 5.13. The molecule has 2 rings (SSSR count). The number of nitrogens with zero attached hydrogens (tertiary/aromatic N) is 2. The Bertz CT molecular complexity index is 447. The molecule has 1 aliphatic heterocycles. The van der Waals surface area contributed by atoms with Crippen LogP contribution in [0.4, 0.5) is 0 Å². The van der Waals surface area contributed by atoms with Crippen LogP contribution in [0.3, 0.4) is 0 Å². The lowest BCUT2D eigenvalue weighted by atomic mass is 10.3. The fraction of sp³-hybridized carbons (Fsp3) is 0.667. The van der Waals surface area contributed by atoms with E-state index >= 15 is 0 Å². The maximum Gasteiger partial charge on any atom is 0.260 e. The molecule has 0 aromatic carbocycles. The lowest BCUT2D eigenvalue weighted by molar-refractivity contribution is -0.00461. The van der Waals surface area contributed by atoms with Gasteiger partial charge in [0.25, 0.3) is 10.0 Å². The first kappa shape index (κ1) is 12.5. The van der Waals surface area contributed by atoms with Gasteiger partial charge in [0, 0.05) is 27.3 Å². The molecule has 1 N–H and O–H groups in total. The molecule has 0 aliphatic carbocycles. The highest BCUT2D eigenvalue weighted by Gasteiger charge is 2.40. The summed E-state index contributed by atoms with van der Waals surface area (Å²) in [7, 11) is -0.437. The van der Waals surface area contributed by atoms with Gasteiger partial charge in [0.15, 0.2) is 5.03 Å². The fourth-order valence-corrected chi connectivity index (χ4v) is 3.24. The highest BCUT2D eigenvalue weighted by atomic mass is 32.2. The van der Waals surface area contributed by atoms with Crippen LogP contribution in [0.1, 0.15) is 0 Å². The molecule has 1 saturated heterocycles. The van der Waals surface area contributed by atoms with E-state index in [1.165, 1.54) is 16.8 Å². The lowest BCUT2D eigenvalue weighted by Crippen LogP contribution is -2.30. The number of sulfonamides is 1. The maximum absolute atomic E-state index is 12.2. The third kappa shape index (κ3) is 2.21. The molecular formula is C9H15N3O4S. The largest absolute Gasteiger partial charge is 0.377 e. The van der Waals surface area contributed by atoms with Gasteiger partial charge < -0.3 is 14.5 Å². The zero-order valence-electron chi connectivity index (χ0n) is 9.66. The molecule has 1 aromatic heterocycles. The van der Waals surface area contributed by atoms with Crippen molar-refractivity contribution >= 4 is 10.0 Å². The molecule has 2 unspecified atom stereocenters. The Morgan fingerprint density at radius 2 is 1.94 bits per heavy atom. The Morgan fingerprint density at radius 1 is 1.35 bits per heavy atom. The monoisotopic (exact) mass is 261 g/mol. The van der Waals surface area contributed by atoms with Crippen LogP contribution in [0.15, 0.2) is 17.6 Å². The Balaban J connectivity index is 2.20. The summed E-state index contributed by atoms with van der Waals surface area (Å²) < 4.78 is 36.1. The number of imidazole rings is 1. The number of rotatable bonds is 4. The minimum Gasteiger partial charge on any atom is -0.377 e. The Morgan fingerprint density at radius 3 is 2.35 bits per heavy atom. The number of hydrogen-bond donors (Lipinski definition) is 1. The molecule has 2 atom stereocenters. The molecule has 1 fully saturated rings. The molecule has 0 amide bonds. The van der Waals surface area contributed by atoms with Crippen LogP contribution in [-0.4, -0.2) is 62.2 Å². The molecule has 17 heavy (non-hydrogen) atoms. The average Bonchev–Trinajstić information content (AvgIpc) is 2.98. The van der Waals surface area contributed by atoms with Gasteiger partial charge in [0.2, 0.25) is 0 Å². The van der Waals surface area contributed by atoms with E-state index < -0.39 is 10.0 Å². The van der Waals surface area contributed by atoms with Gasteiger partial charge in [-0.15, -0.1) is 0 Å². The van der Waals surface area contributed by atoms with Crippen LogP contribution in [0.2, 0.25) is 0 Å². The van der Waals surface area contributed by atoms with E-state index in [2.05, 4.69) is 9.97 Å². The van der Waals surface area contributed by atoms with Gasteiger partial charge in [-0.05, 0) is 0 Å². The predicted octanol–water partition coefficient (Wildman–Crippen LogP) is -0.556. The number of H-pyrrole nitrogens is 1. The highest BCUT2D eigenvalue weighted by Crippen LogP contribution is 2.22. The molecule has 96 valence electrons. The predicted molar refractivity (Wildman–Crippen MR) is 58.9 cm³/mol. The number of hydrogen-bond acceptors (Lipinski definition) is 5.